The van der Waals surface area contributed by atoms with Crippen LogP contribution in [0.5, 0.6) is 0 Å². The molecular formula is C20H35N5O8. The molecule has 0 aromatic rings. The molecule has 0 aliphatic carbocycles. The number of carboxylic acids is 2. The Bertz CT molecular complexity index is 740. The first-order valence-electron chi connectivity index (χ1n) is 10.5. The van der Waals surface area contributed by atoms with Gasteiger partial charge in [0.1, 0.15) is 18.1 Å². The van der Waals surface area contributed by atoms with Crippen LogP contribution in [0.4, 0.5) is 0 Å². The van der Waals surface area contributed by atoms with Crippen molar-refractivity contribution < 1.29 is 39.0 Å². The summed E-state index contributed by atoms with van der Waals surface area (Å²) in [7, 11) is 0. The Labute approximate surface area is 192 Å². The van der Waals surface area contributed by atoms with Gasteiger partial charge in [-0.2, -0.15) is 0 Å². The van der Waals surface area contributed by atoms with Gasteiger partial charge in [-0.25, -0.2) is 4.79 Å². The molecule has 0 bridgehead atoms. The van der Waals surface area contributed by atoms with Crippen molar-refractivity contribution in [3.05, 3.63) is 0 Å². The summed E-state index contributed by atoms with van der Waals surface area (Å²) < 4.78 is 0. The molecule has 4 atom stereocenters. The number of nitrogens with one attached hydrogen (secondary N) is 3. The first-order chi connectivity index (χ1) is 15.1. The van der Waals surface area contributed by atoms with Gasteiger partial charge in [0.2, 0.25) is 23.6 Å². The lowest BCUT2D eigenvalue weighted by molar-refractivity contribution is -0.144. The third kappa shape index (κ3) is 11.8. The highest BCUT2D eigenvalue weighted by Gasteiger charge is 2.33. The zero-order chi connectivity index (χ0) is 25.9. The number of aliphatic carboxylic acids is 2. The highest BCUT2D eigenvalue weighted by Crippen LogP contribution is 2.08. The van der Waals surface area contributed by atoms with Gasteiger partial charge in [-0.15, -0.1) is 0 Å². The molecule has 9 N–H and O–H groups in total. The van der Waals surface area contributed by atoms with E-state index < -0.39 is 72.1 Å². The topological polar surface area (TPSA) is 231 Å². The molecular weight excluding hydrogens is 438 g/mol. The number of rotatable bonds is 15. The molecule has 0 radical (unpaired) electrons. The van der Waals surface area contributed by atoms with E-state index in [1.807, 2.05) is 0 Å². The third-order valence-corrected chi connectivity index (χ3v) is 4.62. The molecule has 4 unspecified atom stereocenters. The van der Waals surface area contributed by atoms with Gasteiger partial charge in [0, 0.05) is 6.42 Å². The fourth-order valence-corrected chi connectivity index (χ4v) is 2.83. The van der Waals surface area contributed by atoms with Gasteiger partial charge in [-0.3, -0.25) is 24.0 Å². The summed E-state index contributed by atoms with van der Waals surface area (Å²) in [5.74, 6) is -6.44. The van der Waals surface area contributed by atoms with Crippen LogP contribution in [0.3, 0.4) is 0 Å². The minimum atomic E-state index is -1.58. The van der Waals surface area contributed by atoms with Crippen molar-refractivity contribution in [3.8, 4) is 0 Å². The number of nitrogens with two attached hydrogens (primary N) is 2. The summed E-state index contributed by atoms with van der Waals surface area (Å²) in [4.78, 5) is 71.1. The van der Waals surface area contributed by atoms with E-state index in [2.05, 4.69) is 16.0 Å². The van der Waals surface area contributed by atoms with Gasteiger partial charge in [0.25, 0.3) is 0 Å². The van der Waals surface area contributed by atoms with Crippen LogP contribution in [0.2, 0.25) is 0 Å². The second-order valence-electron chi connectivity index (χ2n) is 8.53. The fourth-order valence-electron chi connectivity index (χ4n) is 2.83. The predicted octanol–water partition coefficient (Wildman–Crippen LogP) is -1.70. The Morgan fingerprint density at radius 2 is 1.36 bits per heavy atom. The summed E-state index contributed by atoms with van der Waals surface area (Å²) in [6, 6.07) is -5.13. The Morgan fingerprint density at radius 3 is 1.79 bits per heavy atom. The van der Waals surface area contributed by atoms with Crippen LogP contribution < -0.4 is 27.4 Å². The van der Waals surface area contributed by atoms with Crippen LogP contribution >= 0.6 is 0 Å². The average Bonchev–Trinajstić information content (AvgIpc) is 2.67. The molecule has 4 amide bonds. The molecule has 0 aliphatic heterocycles. The maximum atomic E-state index is 12.8. The number of primary amides is 1. The van der Waals surface area contributed by atoms with Gasteiger partial charge < -0.3 is 37.6 Å². The smallest absolute Gasteiger partial charge is 0.326 e. The van der Waals surface area contributed by atoms with Gasteiger partial charge >= 0.3 is 11.9 Å². The molecule has 0 fully saturated rings. The molecule has 0 aliphatic rings. The molecule has 0 aromatic heterocycles. The lowest BCUT2D eigenvalue weighted by Crippen LogP contribution is -2.58. The Morgan fingerprint density at radius 1 is 0.818 bits per heavy atom. The minimum Gasteiger partial charge on any atom is -0.481 e. The maximum absolute atomic E-state index is 12.8. The van der Waals surface area contributed by atoms with E-state index in [1.54, 1.807) is 27.7 Å². The zero-order valence-electron chi connectivity index (χ0n) is 19.3. The number of hydrogen-bond acceptors (Lipinski definition) is 7. The number of amides is 4. The van der Waals surface area contributed by atoms with Crippen molar-refractivity contribution >= 4 is 35.6 Å². The van der Waals surface area contributed by atoms with Gasteiger partial charge in [-0.1, -0.05) is 27.7 Å². The van der Waals surface area contributed by atoms with Crippen LogP contribution in [0.15, 0.2) is 0 Å². The van der Waals surface area contributed by atoms with E-state index in [-0.39, 0.29) is 25.2 Å². The first kappa shape index (κ1) is 29.8. The molecule has 13 heteroatoms. The Kier molecular flexibility index (Phi) is 12.7. The van der Waals surface area contributed by atoms with Gasteiger partial charge in [-0.05, 0) is 24.7 Å². The Balaban J connectivity index is 5.42. The van der Waals surface area contributed by atoms with Gasteiger partial charge in [0.05, 0.1) is 12.5 Å². The van der Waals surface area contributed by atoms with E-state index in [4.69, 9.17) is 16.6 Å². The molecule has 33 heavy (non-hydrogen) atoms. The second kappa shape index (κ2) is 14.0. The molecule has 0 spiro atoms. The normalized spacial score (nSPS) is 14.6. The minimum absolute atomic E-state index is 0.0376. The molecule has 0 heterocycles. The lowest BCUT2D eigenvalue weighted by atomic mass is 10.0. The summed E-state index contributed by atoms with van der Waals surface area (Å²) in [5.41, 5.74) is 10.7. The van der Waals surface area contributed by atoms with E-state index >= 15 is 0 Å². The first-order valence-corrected chi connectivity index (χ1v) is 10.5. The van der Waals surface area contributed by atoms with Crippen molar-refractivity contribution in [3.63, 3.8) is 0 Å². The summed E-state index contributed by atoms with van der Waals surface area (Å²) in [6.07, 6.45) is -0.871. The van der Waals surface area contributed by atoms with Crippen molar-refractivity contribution in [2.45, 2.75) is 77.5 Å². The number of carbonyl (C=O) groups excluding carboxylic acids is 4. The second-order valence-corrected chi connectivity index (χ2v) is 8.53. The van der Waals surface area contributed by atoms with Crippen LogP contribution in [0, 0.1) is 11.8 Å². The van der Waals surface area contributed by atoms with Crippen LogP contribution in [0.1, 0.15) is 53.4 Å². The highest BCUT2D eigenvalue weighted by atomic mass is 16.4. The van der Waals surface area contributed by atoms with Crippen molar-refractivity contribution in [2.24, 2.45) is 23.3 Å². The number of hydrogen-bond donors (Lipinski definition) is 7. The SMILES string of the molecule is CC(C)CC(NC(=O)C(CC(=O)O)NC(=O)C(NC(=O)C(N)CCC(N)=O)C(C)C)C(=O)O. The Hall–Kier alpha value is -3.22. The number of carbonyl (C=O) groups is 6. The largest absolute Gasteiger partial charge is 0.481 e. The molecule has 0 saturated carbocycles. The molecule has 188 valence electrons. The van der Waals surface area contributed by atoms with Crippen LogP contribution in [-0.2, 0) is 28.8 Å². The monoisotopic (exact) mass is 473 g/mol. The summed E-state index contributed by atoms with van der Waals surface area (Å²) in [6.45, 7) is 6.72. The summed E-state index contributed by atoms with van der Waals surface area (Å²) in [5, 5.41) is 25.4. The van der Waals surface area contributed by atoms with Crippen LogP contribution in [-0.4, -0.2) is 69.9 Å². The third-order valence-electron chi connectivity index (χ3n) is 4.62. The molecule has 0 saturated heterocycles. The molecule has 0 aromatic carbocycles. The van der Waals surface area contributed by atoms with Gasteiger partial charge in [0.15, 0.2) is 0 Å². The van der Waals surface area contributed by atoms with Crippen molar-refractivity contribution in [2.75, 3.05) is 0 Å². The molecule has 0 rings (SSSR count). The highest BCUT2D eigenvalue weighted by molar-refractivity contribution is 5.95. The predicted molar refractivity (Wildman–Crippen MR) is 116 cm³/mol. The zero-order valence-corrected chi connectivity index (χ0v) is 19.3. The van der Waals surface area contributed by atoms with Crippen molar-refractivity contribution in [1.82, 2.24) is 16.0 Å². The lowest BCUT2D eigenvalue weighted by Gasteiger charge is -2.26. The van der Waals surface area contributed by atoms with E-state index in [9.17, 15) is 33.9 Å². The summed E-state index contributed by atoms with van der Waals surface area (Å²) >= 11 is 0. The molecule has 13 nitrogen and oxygen atoms in total. The van der Waals surface area contributed by atoms with E-state index in [0.717, 1.165) is 0 Å². The number of carboxylic acid groups (broad SMARTS) is 2. The quantitative estimate of drug-likeness (QED) is 0.143. The average molecular weight is 474 g/mol. The van der Waals surface area contributed by atoms with E-state index in [1.165, 1.54) is 0 Å². The fraction of sp³-hybridized carbons (Fsp3) is 0.700. The maximum Gasteiger partial charge on any atom is 0.326 e. The van der Waals surface area contributed by atoms with E-state index in [0.29, 0.717) is 0 Å². The van der Waals surface area contributed by atoms with Crippen molar-refractivity contribution in [1.29, 1.82) is 0 Å². The van der Waals surface area contributed by atoms with Crippen LogP contribution in [0.25, 0.3) is 0 Å². The standard InChI is InChI=1S/C20H35N5O8/c1-9(2)7-13(20(32)33)24-18(30)12(8-15(27)28)23-19(31)16(10(3)4)25-17(29)11(21)5-6-14(22)26/h9-13,16H,5-8,21H2,1-4H3,(H2,22,26)(H,23,31)(H,24,30)(H,25,29)(H,27,28)(H,32,33).